The molecule has 2 atom stereocenters. The van der Waals surface area contributed by atoms with Crippen LogP contribution in [0.5, 0.6) is 0 Å². The molecule has 0 saturated heterocycles. The Morgan fingerprint density at radius 1 is 1.06 bits per heavy atom. The van der Waals surface area contributed by atoms with Crippen molar-refractivity contribution in [2.24, 2.45) is 5.92 Å². The van der Waals surface area contributed by atoms with Gasteiger partial charge < -0.3 is 0 Å². The minimum absolute atomic E-state index is 0. The predicted molar refractivity (Wildman–Crippen MR) is 149 cm³/mol. The van der Waals surface area contributed by atoms with Gasteiger partial charge in [0.15, 0.2) is 5.78 Å². The molecule has 34 heavy (non-hydrogen) atoms. The molecule has 0 spiro atoms. The number of thioether (sulfide) groups is 1. The van der Waals surface area contributed by atoms with Crippen molar-refractivity contribution in [3.8, 4) is 0 Å². The van der Waals surface area contributed by atoms with Gasteiger partial charge in [0.1, 0.15) is 11.6 Å². The lowest BCUT2D eigenvalue weighted by molar-refractivity contribution is -0.130. The quantitative estimate of drug-likeness (QED) is 0.209. The first-order chi connectivity index (χ1) is 15.8. The van der Waals surface area contributed by atoms with E-state index in [1.54, 1.807) is 24.8 Å². The Bertz CT molecular complexity index is 964. The van der Waals surface area contributed by atoms with E-state index in [0.717, 1.165) is 27.0 Å². The number of Topliss-reactive ketones (excluding diaryl/α,β-unsaturated/α-hetero) is 2. The smallest absolute Gasteiger partial charge is 0.169 e. The fraction of sp³-hybridized carbons (Fsp3) is 0.333. The Balaban J connectivity index is 0. The van der Waals surface area contributed by atoms with Gasteiger partial charge in [0.2, 0.25) is 0 Å². The standard InChI is InChI=1S/C25H25FO2S.2C2H6.CH4/c1-6-11-19-21(8-3)29-22-13-10-9-12-20(22)24(19)23(17(5)27)25(28)16(4)14-15-18(26)7-2;2*1-2;/h6-15,23-24H,2-3H2,1,4-5H3;2*1-2H3;1H4/b11-6-,16-14+,18-15+;;;. The van der Waals surface area contributed by atoms with Gasteiger partial charge in [0.05, 0.1) is 5.92 Å². The predicted octanol–water partition coefficient (Wildman–Crippen LogP) is 9.34. The molecule has 2 rings (SSSR count). The molecule has 2 nitrogen and oxygen atoms in total. The Hall–Kier alpha value is -2.72. The van der Waals surface area contributed by atoms with Crippen LogP contribution in [0, 0.1) is 5.92 Å². The van der Waals surface area contributed by atoms with Crippen LogP contribution >= 0.6 is 11.8 Å². The molecule has 4 heteroatoms. The van der Waals surface area contributed by atoms with E-state index in [1.165, 1.54) is 19.1 Å². The average molecular weight is 485 g/mol. The second-order valence-corrected chi connectivity index (χ2v) is 7.78. The highest BCUT2D eigenvalue weighted by Gasteiger charge is 2.39. The fourth-order valence-corrected chi connectivity index (χ4v) is 4.48. The van der Waals surface area contributed by atoms with E-state index in [0.29, 0.717) is 5.57 Å². The molecule has 1 heterocycles. The normalized spacial score (nSPS) is 16.1. The average Bonchev–Trinajstić information content (AvgIpc) is 2.85. The molecule has 0 radical (unpaired) electrons. The third kappa shape index (κ3) is 8.57. The minimum Gasteiger partial charge on any atom is -0.299 e. The third-order valence-electron chi connectivity index (χ3n) is 4.76. The van der Waals surface area contributed by atoms with Gasteiger partial charge in [0.25, 0.3) is 0 Å². The molecule has 0 amide bonds. The second kappa shape index (κ2) is 17.7. The summed E-state index contributed by atoms with van der Waals surface area (Å²) in [6.45, 7) is 20.2. The first kappa shape index (κ1) is 33.5. The molecule has 0 bridgehead atoms. The van der Waals surface area contributed by atoms with E-state index in [4.69, 9.17) is 0 Å². The summed E-state index contributed by atoms with van der Waals surface area (Å²) < 4.78 is 13.4. The number of hydrogen-bond acceptors (Lipinski definition) is 3. The number of hydrogen-bond donors (Lipinski definition) is 0. The largest absolute Gasteiger partial charge is 0.299 e. The zero-order valence-corrected chi connectivity index (χ0v) is 21.8. The molecule has 186 valence electrons. The van der Waals surface area contributed by atoms with E-state index in [1.807, 2.05) is 71.0 Å². The maximum Gasteiger partial charge on any atom is 0.169 e. The van der Waals surface area contributed by atoms with Crippen LogP contribution < -0.4 is 0 Å². The lowest BCUT2D eigenvalue weighted by Gasteiger charge is -2.32. The molecule has 0 fully saturated rings. The van der Waals surface area contributed by atoms with E-state index in [2.05, 4.69) is 13.2 Å². The number of ketones is 2. The topological polar surface area (TPSA) is 34.1 Å². The minimum atomic E-state index is -0.908. The van der Waals surface area contributed by atoms with Crippen molar-refractivity contribution in [2.45, 2.75) is 66.7 Å². The third-order valence-corrected chi connectivity index (χ3v) is 5.97. The van der Waals surface area contributed by atoms with Gasteiger partial charge in [-0.2, -0.15) is 0 Å². The van der Waals surface area contributed by atoms with Crippen LogP contribution in [0.2, 0.25) is 0 Å². The van der Waals surface area contributed by atoms with E-state index in [9.17, 15) is 14.0 Å². The molecule has 1 aromatic carbocycles. The lowest BCUT2D eigenvalue weighted by atomic mass is 9.74. The van der Waals surface area contributed by atoms with Gasteiger partial charge in [-0.1, -0.05) is 103 Å². The van der Waals surface area contributed by atoms with E-state index >= 15 is 0 Å². The Kier molecular flexibility index (Phi) is 17.4. The van der Waals surface area contributed by atoms with Gasteiger partial charge in [-0.3, -0.25) is 9.59 Å². The van der Waals surface area contributed by atoms with E-state index < -0.39 is 17.7 Å². The Morgan fingerprint density at radius 3 is 2.15 bits per heavy atom. The van der Waals surface area contributed by atoms with Crippen molar-refractivity contribution < 1.29 is 14.0 Å². The molecule has 0 aromatic heterocycles. The summed E-state index contributed by atoms with van der Waals surface area (Å²) in [5.41, 5.74) is 2.14. The van der Waals surface area contributed by atoms with Crippen molar-refractivity contribution in [1.82, 2.24) is 0 Å². The summed E-state index contributed by atoms with van der Waals surface area (Å²) in [5, 5.41) is 0. The van der Waals surface area contributed by atoms with Crippen LogP contribution in [0.25, 0.3) is 0 Å². The summed E-state index contributed by atoms with van der Waals surface area (Å²) in [5.74, 6) is -2.43. The summed E-state index contributed by atoms with van der Waals surface area (Å²) in [7, 11) is 0. The highest BCUT2D eigenvalue weighted by atomic mass is 32.2. The zero-order valence-electron chi connectivity index (χ0n) is 20.9. The van der Waals surface area contributed by atoms with Crippen LogP contribution in [0.4, 0.5) is 4.39 Å². The highest BCUT2D eigenvalue weighted by Crippen LogP contribution is 2.49. The number of rotatable bonds is 8. The maximum atomic E-state index is 13.4. The monoisotopic (exact) mass is 484 g/mol. The zero-order chi connectivity index (χ0) is 25.6. The first-order valence-electron chi connectivity index (χ1n) is 11.3. The lowest BCUT2D eigenvalue weighted by Crippen LogP contribution is -2.31. The van der Waals surface area contributed by atoms with Crippen LogP contribution in [-0.2, 0) is 9.59 Å². The van der Waals surface area contributed by atoms with Gasteiger partial charge in [-0.05, 0) is 55.7 Å². The van der Waals surface area contributed by atoms with Crippen LogP contribution in [0.15, 0.2) is 101 Å². The number of carbonyl (C=O) groups excluding carboxylic acids is 2. The molecule has 1 aromatic rings. The maximum absolute atomic E-state index is 13.4. The van der Waals surface area contributed by atoms with Crippen LogP contribution in [0.3, 0.4) is 0 Å². The number of allylic oxidation sites excluding steroid dienone is 9. The molecule has 2 unspecified atom stereocenters. The summed E-state index contributed by atoms with van der Waals surface area (Å²) in [6, 6.07) is 7.78. The van der Waals surface area contributed by atoms with Crippen LogP contribution in [0.1, 0.15) is 67.4 Å². The van der Waals surface area contributed by atoms with Crippen molar-refractivity contribution in [3.63, 3.8) is 0 Å². The van der Waals surface area contributed by atoms with Crippen molar-refractivity contribution >= 4 is 23.3 Å². The van der Waals surface area contributed by atoms with Gasteiger partial charge in [-0.15, -0.1) is 0 Å². The molecular formula is C30H41FO2S. The molecular weight excluding hydrogens is 443 g/mol. The van der Waals surface area contributed by atoms with Crippen molar-refractivity contribution in [2.75, 3.05) is 0 Å². The summed E-state index contributed by atoms with van der Waals surface area (Å²) in [4.78, 5) is 27.9. The summed E-state index contributed by atoms with van der Waals surface area (Å²) >= 11 is 1.58. The molecule has 1 aliphatic heterocycles. The number of benzene rings is 1. The van der Waals surface area contributed by atoms with Gasteiger partial charge in [-0.25, -0.2) is 4.39 Å². The van der Waals surface area contributed by atoms with Gasteiger partial charge in [0, 0.05) is 15.7 Å². The number of fused-ring (bicyclic) bond motifs is 1. The fourth-order valence-electron chi connectivity index (χ4n) is 3.38. The molecule has 0 N–H and O–H groups in total. The van der Waals surface area contributed by atoms with Crippen molar-refractivity contribution in [1.29, 1.82) is 0 Å². The van der Waals surface area contributed by atoms with Crippen LogP contribution in [-0.4, -0.2) is 11.6 Å². The van der Waals surface area contributed by atoms with Gasteiger partial charge >= 0.3 is 0 Å². The van der Waals surface area contributed by atoms with E-state index in [-0.39, 0.29) is 19.0 Å². The Morgan fingerprint density at radius 2 is 1.65 bits per heavy atom. The second-order valence-electron chi connectivity index (χ2n) is 6.70. The van der Waals surface area contributed by atoms with Crippen molar-refractivity contribution in [3.05, 3.63) is 101 Å². The number of carbonyl (C=O) groups is 2. The highest BCUT2D eigenvalue weighted by molar-refractivity contribution is 8.03. The molecule has 0 saturated carbocycles. The SMILES string of the molecule is C.C=CC1=C(/C=C\C)C(C(C(C)=O)C(=O)/C(C)=C/C=C(/F)C=C)c2ccccc2S1.CC.CC. The number of halogens is 1. The Labute approximate surface area is 211 Å². The molecule has 0 aliphatic carbocycles. The molecule has 1 aliphatic rings. The summed E-state index contributed by atoms with van der Waals surface area (Å²) in [6.07, 6.45) is 9.23. The first-order valence-corrected chi connectivity index (χ1v) is 12.1.